The van der Waals surface area contributed by atoms with E-state index in [0.29, 0.717) is 5.16 Å². The molecule has 1 unspecified atom stereocenters. The van der Waals surface area contributed by atoms with Crippen LogP contribution in [-0.2, 0) is 0 Å². The number of hydrogen-bond donors (Lipinski definition) is 0. The van der Waals surface area contributed by atoms with E-state index in [1.807, 2.05) is 23.6 Å². The SMILES string of the molecule is CN(C1=C(Cl)[N+](C)=C2C=CC(F)=CC12)c1ccc(F)cc1.[Cl-]. The van der Waals surface area contributed by atoms with Gasteiger partial charge in [0.05, 0.1) is 0 Å². The van der Waals surface area contributed by atoms with Gasteiger partial charge in [-0.3, -0.25) is 0 Å². The van der Waals surface area contributed by atoms with Gasteiger partial charge in [-0.1, -0.05) is 0 Å². The van der Waals surface area contributed by atoms with Gasteiger partial charge < -0.3 is 17.3 Å². The van der Waals surface area contributed by atoms with Gasteiger partial charge in [0.2, 0.25) is 0 Å². The Morgan fingerprint density at radius 3 is 2.41 bits per heavy atom. The topological polar surface area (TPSA) is 6.25 Å². The highest BCUT2D eigenvalue weighted by Gasteiger charge is 2.40. The number of rotatable bonds is 2. The average molecular weight is 343 g/mol. The van der Waals surface area contributed by atoms with Gasteiger partial charge in [0.1, 0.15) is 30.3 Å². The molecule has 116 valence electrons. The van der Waals surface area contributed by atoms with Gasteiger partial charge in [-0.25, -0.2) is 8.78 Å². The second-order valence-electron chi connectivity index (χ2n) is 5.06. The maximum Gasteiger partial charge on any atom is 0.295 e. The third-order valence-electron chi connectivity index (χ3n) is 3.82. The molecule has 3 rings (SSSR count). The first-order valence-corrected chi connectivity index (χ1v) is 6.92. The van der Waals surface area contributed by atoms with Gasteiger partial charge in [-0.15, -0.1) is 0 Å². The Balaban J connectivity index is 0.00000176. The van der Waals surface area contributed by atoms with Crippen molar-refractivity contribution in [2.75, 3.05) is 19.0 Å². The molecule has 1 aromatic carbocycles. The van der Waals surface area contributed by atoms with Crippen molar-refractivity contribution < 1.29 is 25.8 Å². The molecular formula is C16H14Cl2F2N2. The molecule has 1 aliphatic heterocycles. The van der Waals surface area contributed by atoms with Gasteiger partial charge in [-0.2, -0.15) is 4.58 Å². The molecule has 0 N–H and O–H groups in total. The Kier molecular flexibility index (Phi) is 4.73. The molecule has 0 amide bonds. The molecule has 0 spiro atoms. The van der Waals surface area contributed by atoms with Crippen LogP contribution in [0.4, 0.5) is 14.5 Å². The molecule has 1 aromatic rings. The molecule has 2 aliphatic rings. The maximum atomic E-state index is 13.6. The Morgan fingerprint density at radius 1 is 1.14 bits per heavy atom. The first-order valence-electron chi connectivity index (χ1n) is 6.54. The van der Waals surface area contributed by atoms with E-state index in [0.717, 1.165) is 17.1 Å². The highest BCUT2D eigenvalue weighted by atomic mass is 35.5. The summed E-state index contributed by atoms with van der Waals surface area (Å²) in [5.41, 5.74) is 2.49. The van der Waals surface area contributed by atoms with E-state index in [4.69, 9.17) is 11.6 Å². The van der Waals surface area contributed by atoms with E-state index in [9.17, 15) is 8.78 Å². The van der Waals surface area contributed by atoms with Gasteiger partial charge in [0.15, 0.2) is 5.71 Å². The predicted octanol–water partition coefficient (Wildman–Crippen LogP) is 0.810. The lowest BCUT2D eigenvalue weighted by molar-refractivity contribution is -0.428. The highest BCUT2D eigenvalue weighted by molar-refractivity contribution is 6.30. The van der Waals surface area contributed by atoms with Crippen LogP contribution in [0.2, 0.25) is 0 Å². The molecule has 0 bridgehead atoms. The normalized spacial score (nSPS) is 19.9. The summed E-state index contributed by atoms with van der Waals surface area (Å²) in [4.78, 5) is 1.86. The summed E-state index contributed by atoms with van der Waals surface area (Å²) in [6.07, 6.45) is 4.69. The van der Waals surface area contributed by atoms with Crippen molar-refractivity contribution in [2.24, 2.45) is 5.92 Å². The van der Waals surface area contributed by atoms with Gasteiger partial charge in [-0.05, 0) is 48.0 Å². The Labute approximate surface area is 139 Å². The number of halogens is 4. The van der Waals surface area contributed by atoms with Crippen LogP contribution >= 0.6 is 11.6 Å². The first kappa shape index (κ1) is 16.7. The molecule has 0 aromatic heterocycles. The van der Waals surface area contributed by atoms with Gasteiger partial charge in [0, 0.05) is 18.8 Å². The number of hydrogen-bond acceptors (Lipinski definition) is 1. The third kappa shape index (κ3) is 2.69. The Hall–Kier alpha value is -1.65. The van der Waals surface area contributed by atoms with Crippen LogP contribution in [0.25, 0.3) is 0 Å². The minimum Gasteiger partial charge on any atom is -1.00 e. The Bertz CT molecular complexity index is 718. The summed E-state index contributed by atoms with van der Waals surface area (Å²) in [7, 11) is 3.68. The first-order chi connectivity index (χ1) is 9.99. The molecule has 0 fully saturated rings. The van der Waals surface area contributed by atoms with E-state index < -0.39 is 0 Å². The second kappa shape index (κ2) is 6.23. The van der Waals surface area contributed by atoms with Crippen LogP contribution in [0.5, 0.6) is 0 Å². The quantitative estimate of drug-likeness (QED) is 0.569. The van der Waals surface area contributed by atoms with Crippen LogP contribution in [0.15, 0.2) is 59.2 Å². The standard InChI is InChI=1S/C16H14ClF2N2.ClH/c1-20(12-6-3-10(18)4-7-12)15-13-9-11(19)5-8-14(13)21(2)16(15)17;/h3-9,13H,1-2H3;1H/q+1;/p-1. The minimum atomic E-state index is -0.297. The van der Waals surface area contributed by atoms with E-state index in [1.54, 1.807) is 18.2 Å². The van der Waals surface area contributed by atoms with E-state index in [1.165, 1.54) is 24.3 Å². The summed E-state index contributed by atoms with van der Waals surface area (Å²) in [5, 5.41) is 0.539. The molecule has 22 heavy (non-hydrogen) atoms. The number of anilines is 1. The van der Waals surface area contributed by atoms with Crippen LogP contribution in [-0.4, -0.2) is 24.4 Å². The third-order valence-corrected chi connectivity index (χ3v) is 4.27. The van der Waals surface area contributed by atoms with Crippen LogP contribution in [0.1, 0.15) is 0 Å². The summed E-state index contributed by atoms with van der Waals surface area (Å²) < 4.78 is 28.5. The van der Waals surface area contributed by atoms with E-state index in [-0.39, 0.29) is 30.0 Å². The number of benzene rings is 1. The zero-order valence-electron chi connectivity index (χ0n) is 12.0. The fraction of sp³-hybridized carbons (Fsp3) is 0.188. The van der Waals surface area contributed by atoms with Crippen molar-refractivity contribution in [1.82, 2.24) is 0 Å². The lowest BCUT2D eigenvalue weighted by atomic mass is 9.95. The molecule has 1 atom stereocenters. The lowest BCUT2D eigenvalue weighted by Crippen LogP contribution is -3.00. The minimum absolute atomic E-state index is 0. The maximum absolute atomic E-state index is 13.6. The van der Waals surface area contributed by atoms with Crippen LogP contribution in [0.3, 0.4) is 0 Å². The van der Waals surface area contributed by atoms with Crippen molar-refractivity contribution in [2.45, 2.75) is 0 Å². The van der Waals surface area contributed by atoms with Gasteiger partial charge >= 0.3 is 0 Å². The summed E-state index contributed by atoms with van der Waals surface area (Å²) in [5.74, 6) is -0.814. The zero-order valence-corrected chi connectivity index (χ0v) is 13.5. The summed E-state index contributed by atoms with van der Waals surface area (Å²) in [6, 6.07) is 6.12. The molecule has 2 nitrogen and oxygen atoms in total. The largest absolute Gasteiger partial charge is 1.00 e. The lowest BCUT2D eigenvalue weighted by Gasteiger charge is -2.23. The number of fused-ring (bicyclic) bond motifs is 1. The molecule has 0 radical (unpaired) electrons. The smallest absolute Gasteiger partial charge is 0.295 e. The van der Waals surface area contributed by atoms with Crippen molar-refractivity contribution in [3.05, 3.63) is 65.0 Å². The van der Waals surface area contributed by atoms with Crippen LogP contribution in [0, 0.1) is 11.7 Å². The predicted molar refractivity (Wildman–Crippen MR) is 80.7 cm³/mol. The van der Waals surface area contributed by atoms with Crippen molar-refractivity contribution in [3.8, 4) is 0 Å². The van der Waals surface area contributed by atoms with Gasteiger partial charge in [0.25, 0.3) is 5.16 Å². The van der Waals surface area contributed by atoms with E-state index in [2.05, 4.69) is 0 Å². The summed E-state index contributed by atoms with van der Waals surface area (Å²) in [6.45, 7) is 0. The van der Waals surface area contributed by atoms with E-state index >= 15 is 0 Å². The molecular weight excluding hydrogens is 329 g/mol. The second-order valence-corrected chi connectivity index (χ2v) is 5.42. The molecule has 6 heteroatoms. The monoisotopic (exact) mass is 342 g/mol. The number of nitrogens with zero attached hydrogens (tertiary/aromatic N) is 2. The Morgan fingerprint density at radius 2 is 1.77 bits per heavy atom. The van der Waals surface area contributed by atoms with Crippen molar-refractivity contribution in [3.63, 3.8) is 0 Å². The van der Waals surface area contributed by atoms with Crippen LogP contribution < -0.4 is 17.3 Å². The van der Waals surface area contributed by atoms with Crippen molar-refractivity contribution in [1.29, 1.82) is 0 Å². The molecule has 1 aliphatic carbocycles. The number of allylic oxidation sites excluding steroid dienone is 4. The fourth-order valence-electron chi connectivity index (χ4n) is 2.67. The average Bonchev–Trinajstić information content (AvgIpc) is 2.70. The highest BCUT2D eigenvalue weighted by Crippen LogP contribution is 2.36. The van der Waals surface area contributed by atoms with Crippen molar-refractivity contribution >= 4 is 23.0 Å². The fourth-order valence-corrected chi connectivity index (χ4v) is 3.01. The zero-order chi connectivity index (χ0) is 15.1. The summed E-state index contributed by atoms with van der Waals surface area (Å²) >= 11 is 6.41. The molecule has 0 saturated carbocycles. The molecule has 0 saturated heterocycles. The molecule has 1 heterocycles.